The number of phosphoric ester groups is 1. The van der Waals surface area contributed by atoms with Crippen LogP contribution in [0.1, 0.15) is 265 Å². The van der Waals surface area contributed by atoms with E-state index in [1.807, 2.05) is 33.3 Å². The van der Waals surface area contributed by atoms with Crippen molar-refractivity contribution in [1.29, 1.82) is 0 Å². The number of hydrogen-bond acceptors (Lipinski definition) is 6. The second-order valence-electron chi connectivity index (χ2n) is 21.9. The quantitative estimate of drug-likeness (QED) is 0.0205. The third kappa shape index (κ3) is 55.7. The van der Waals surface area contributed by atoms with Gasteiger partial charge in [0.05, 0.1) is 33.8 Å². The summed E-state index contributed by atoms with van der Waals surface area (Å²) in [7, 11) is 1.47. The standard InChI is InChI=1S/C65H117N2O7P/c1-7-10-13-16-19-22-25-28-30-32-33-34-35-36-38-40-43-46-49-52-55-58-65(69)74-63(56-53-50-47-44-41-27-24-21-18-15-12-9-3)62(61-73-75(70,71)72-60-59-67(4,5)6)66-64(68)57-54-51-48-45-42-39-37-31-29-26-23-20-17-14-11-8-2/h10,13,19,22,28,30,33-34,36,38,43,46,53,56,62-63H,7-9,11-12,14-18,20-21,23-27,29,31-32,35,37,39-42,44-45,47-52,54-55,57-61H2,1-6H3,(H-,66,68,70,71)/p+1/b13-10-,22-19-,30-28-,34-33-,38-36-,46-43-,56-53+. The number of likely N-dealkylation sites (N-methyl/N-ethyl adjacent to an activating group) is 1. The molecule has 3 unspecified atom stereocenters. The van der Waals surface area contributed by atoms with Gasteiger partial charge in [0.25, 0.3) is 0 Å². The molecular formula is C65H118N2O7P+. The number of carbonyl (C=O) groups is 2. The maximum atomic E-state index is 13.5. The molecule has 3 atom stereocenters. The van der Waals surface area contributed by atoms with Crippen molar-refractivity contribution in [2.75, 3.05) is 40.9 Å². The van der Waals surface area contributed by atoms with E-state index in [1.165, 1.54) is 135 Å². The Morgan fingerprint density at radius 3 is 1.29 bits per heavy atom. The Bertz CT molecular complexity index is 1560. The van der Waals surface area contributed by atoms with Gasteiger partial charge in [-0.2, -0.15) is 0 Å². The Morgan fingerprint density at radius 1 is 0.480 bits per heavy atom. The first-order valence-electron chi connectivity index (χ1n) is 30.9. The molecule has 2 N–H and O–H groups in total. The first-order chi connectivity index (χ1) is 36.4. The molecule has 0 rings (SSSR count). The summed E-state index contributed by atoms with van der Waals surface area (Å²) < 4.78 is 30.6. The molecular weight excluding hydrogens is 952 g/mol. The Hall–Kier alpha value is -2.81. The van der Waals surface area contributed by atoms with Gasteiger partial charge >= 0.3 is 13.8 Å². The third-order valence-electron chi connectivity index (χ3n) is 13.3. The molecule has 434 valence electrons. The number of amides is 1. The number of nitrogens with one attached hydrogen (secondary N) is 1. The number of esters is 1. The third-order valence-corrected chi connectivity index (χ3v) is 14.3. The molecule has 0 bridgehead atoms. The van der Waals surface area contributed by atoms with Crippen LogP contribution in [-0.4, -0.2) is 74.3 Å². The van der Waals surface area contributed by atoms with E-state index < -0.39 is 20.0 Å². The van der Waals surface area contributed by atoms with Crippen molar-refractivity contribution >= 4 is 19.7 Å². The topological polar surface area (TPSA) is 111 Å². The van der Waals surface area contributed by atoms with E-state index in [-0.39, 0.29) is 31.5 Å². The molecule has 0 spiro atoms. The van der Waals surface area contributed by atoms with Crippen LogP contribution in [0.25, 0.3) is 0 Å². The van der Waals surface area contributed by atoms with E-state index in [9.17, 15) is 19.0 Å². The minimum absolute atomic E-state index is 0.0311. The lowest BCUT2D eigenvalue weighted by molar-refractivity contribution is -0.870. The predicted octanol–water partition coefficient (Wildman–Crippen LogP) is 19.0. The lowest BCUT2D eigenvalue weighted by Crippen LogP contribution is -2.47. The molecule has 0 radical (unpaired) electrons. The lowest BCUT2D eigenvalue weighted by Gasteiger charge is -2.27. The number of rotatable bonds is 55. The van der Waals surface area contributed by atoms with Gasteiger partial charge in [0.1, 0.15) is 19.3 Å². The van der Waals surface area contributed by atoms with E-state index in [0.717, 1.165) is 89.9 Å². The van der Waals surface area contributed by atoms with Gasteiger partial charge in [-0.1, -0.05) is 254 Å². The Morgan fingerprint density at radius 2 is 0.853 bits per heavy atom. The van der Waals surface area contributed by atoms with Gasteiger partial charge in [-0.15, -0.1) is 0 Å². The highest BCUT2D eigenvalue weighted by Crippen LogP contribution is 2.43. The molecule has 0 saturated carbocycles. The molecule has 0 aromatic heterocycles. The minimum Gasteiger partial charge on any atom is -0.456 e. The van der Waals surface area contributed by atoms with Crippen molar-refractivity contribution in [3.05, 3.63) is 85.1 Å². The van der Waals surface area contributed by atoms with Gasteiger partial charge in [0.15, 0.2) is 0 Å². The van der Waals surface area contributed by atoms with Crippen molar-refractivity contribution in [2.45, 2.75) is 277 Å². The summed E-state index contributed by atoms with van der Waals surface area (Å²) in [6, 6.07) is -0.868. The second kappa shape index (κ2) is 54.5. The fourth-order valence-electron chi connectivity index (χ4n) is 8.59. The average molecular weight is 1070 g/mol. The smallest absolute Gasteiger partial charge is 0.456 e. The number of phosphoric acid groups is 1. The van der Waals surface area contributed by atoms with Crippen LogP contribution in [-0.2, 0) is 27.9 Å². The number of unbranched alkanes of at least 4 members (excludes halogenated alkanes) is 27. The first kappa shape index (κ1) is 72.2. The molecule has 0 aromatic rings. The molecule has 75 heavy (non-hydrogen) atoms. The maximum Gasteiger partial charge on any atom is 0.472 e. The molecule has 0 aromatic carbocycles. The Balaban J connectivity index is 5.34. The monoisotopic (exact) mass is 1070 g/mol. The zero-order valence-corrected chi connectivity index (χ0v) is 50.4. The first-order valence-corrected chi connectivity index (χ1v) is 32.4. The molecule has 9 nitrogen and oxygen atoms in total. The number of ether oxygens (including phenoxy) is 1. The Labute approximate surface area is 463 Å². The summed E-state index contributed by atoms with van der Waals surface area (Å²) in [5.41, 5.74) is 0. The van der Waals surface area contributed by atoms with Crippen molar-refractivity contribution in [3.63, 3.8) is 0 Å². The number of nitrogens with zero attached hydrogens (tertiary/aromatic N) is 1. The summed E-state index contributed by atoms with van der Waals surface area (Å²) in [6.07, 6.45) is 71.5. The molecule has 0 aliphatic carbocycles. The number of carbonyl (C=O) groups excluding carboxylic acids is 2. The van der Waals surface area contributed by atoms with Crippen LogP contribution in [0.3, 0.4) is 0 Å². The van der Waals surface area contributed by atoms with Gasteiger partial charge in [0, 0.05) is 12.8 Å². The molecule has 0 fully saturated rings. The zero-order chi connectivity index (χ0) is 55.0. The fraction of sp³-hybridized carbons (Fsp3) is 0.754. The van der Waals surface area contributed by atoms with E-state index in [2.05, 4.69) is 99.0 Å². The second-order valence-corrected chi connectivity index (χ2v) is 23.3. The molecule has 0 saturated heterocycles. The molecule has 0 aliphatic heterocycles. The highest BCUT2D eigenvalue weighted by atomic mass is 31.2. The lowest BCUT2D eigenvalue weighted by atomic mass is 10.0. The van der Waals surface area contributed by atoms with Crippen LogP contribution in [0.4, 0.5) is 0 Å². The van der Waals surface area contributed by atoms with Crippen LogP contribution >= 0.6 is 7.82 Å². The summed E-state index contributed by atoms with van der Waals surface area (Å²) in [6.45, 7) is 6.88. The molecule has 10 heteroatoms. The van der Waals surface area contributed by atoms with Gasteiger partial charge in [-0.25, -0.2) is 4.57 Å². The van der Waals surface area contributed by atoms with Gasteiger partial charge in [-0.05, 0) is 83.1 Å². The van der Waals surface area contributed by atoms with Crippen molar-refractivity contribution in [3.8, 4) is 0 Å². The van der Waals surface area contributed by atoms with Crippen LogP contribution in [0.15, 0.2) is 85.1 Å². The van der Waals surface area contributed by atoms with E-state index in [1.54, 1.807) is 0 Å². The Kier molecular flexibility index (Phi) is 52.5. The highest BCUT2D eigenvalue weighted by molar-refractivity contribution is 7.47. The number of allylic oxidation sites excluding steroid dienone is 13. The van der Waals surface area contributed by atoms with E-state index >= 15 is 0 Å². The van der Waals surface area contributed by atoms with Crippen molar-refractivity contribution in [2.24, 2.45) is 0 Å². The fourth-order valence-corrected chi connectivity index (χ4v) is 9.33. The van der Waals surface area contributed by atoms with Gasteiger partial charge in [-0.3, -0.25) is 18.6 Å². The van der Waals surface area contributed by atoms with Crippen LogP contribution < -0.4 is 5.32 Å². The molecule has 1 amide bonds. The normalized spacial score (nSPS) is 14.3. The number of quaternary nitrogens is 1. The van der Waals surface area contributed by atoms with Crippen LogP contribution in [0.2, 0.25) is 0 Å². The van der Waals surface area contributed by atoms with Crippen molar-refractivity contribution < 1.29 is 37.3 Å². The minimum atomic E-state index is -4.46. The summed E-state index contributed by atoms with van der Waals surface area (Å²) in [4.78, 5) is 37.7. The largest absolute Gasteiger partial charge is 0.472 e. The highest BCUT2D eigenvalue weighted by Gasteiger charge is 2.30. The van der Waals surface area contributed by atoms with Crippen LogP contribution in [0.5, 0.6) is 0 Å². The van der Waals surface area contributed by atoms with Crippen LogP contribution in [0, 0.1) is 0 Å². The van der Waals surface area contributed by atoms with E-state index in [0.29, 0.717) is 23.9 Å². The number of hydrogen-bond donors (Lipinski definition) is 2. The van der Waals surface area contributed by atoms with E-state index in [4.69, 9.17) is 13.8 Å². The van der Waals surface area contributed by atoms with Gasteiger partial charge < -0.3 is 19.4 Å². The summed E-state index contributed by atoms with van der Waals surface area (Å²) in [5, 5.41) is 3.04. The molecule has 0 aliphatic rings. The SMILES string of the molecule is CC/C=C\C/C=C\C/C=C\C/C=C\C/C=C\C/C=C\CCCCC(=O)OC(/C=C/CCCCCCCCCCCC)C(COP(=O)(O)OCC[N+](C)(C)C)NC(=O)CCCCCCCCCCCCCCCCCC. The van der Waals surface area contributed by atoms with Gasteiger partial charge in [0.2, 0.25) is 5.91 Å². The average Bonchev–Trinajstić information content (AvgIpc) is 3.37. The zero-order valence-electron chi connectivity index (χ0n) is 49.5. The maximum absolute atomic E-state index is 13.5. The van der Waals surface area contributed by atoms with Crippen molar-refractivity contribution in [1.82, 2.24) is 5.32 Å². The summed E-state index contributed by atoms with van der Waals surface area (Å²) in [5.74, 6) is -0.553. The molecule has 0 heterocycles. The summed E-state index contributed by atoms with van der Waals surface area (Å²) >= 11 is 0. The predicted molar refractivity (Wildman–Crippen MR) is 323 cm³/mol.